The number of carboxylic acids is 7. The Labute approximate surface area is 388 Å². The summed E-state index contributed by atoms with van der Waals surface area (Å²) in [6.45, 7) is 10.0. The summed E-state index contributed by atoms with van der Waals surface area (Å²) in [5.74, 6) is -6.28. The van der Waals surface area contributed by atoms with Gasteiger partial charge >= 0.3 is 41.8 Å². The Balaban J connectivity index is -0.000000350. The molecule has 1 aromatic heterocycles. The molecule has 3 rings (SSSR count). The van der Waals surface area contributed by atoms with Gasteiger partial charge in [-0.05, 0) is 75.1 Å². The molecule has 67 heavy (non-hydrogen) atoms. The highest BCUT2D eigenvalue weighted by atomic mass is 16.4. The lowest BCUT2D eigenvalue weighted by Crippen LogP contribution is -2.36. The van der Waals surface area contributed by atoms with Crippen molar-refractivity contribution in [1.82, 2.24) is 15.3 Å². The van der Waals surface area contributed by atoms with Gasteiger partial charge in [-0.1, -0.05) is 46.2 Å². The average molecular weight is 963 g/mol. The fraction of sp³-hybridized carbons (Fsp3) is 0.575. The maximum Gasteiger partial charge on any atom is 0.320 e. The highest BCUT2D eigenvalue weighted by Gasteiger charge is 2.20. The zero-order chi connectivity index (χ0) is 53.0. The third-order valence-corrected chi connectivity index (χ3v) is 8.60. The van der Waals surface area contributed by atoms with Gasteiger partial charge in [-0.3, -0.25) is 38.6 Å². The van der Waals surface area contributed by atoms with Gasteiger partial charge in [0.1, 0.15) is 48.0 Å². The Morgan fingerprint density at radius 2 is 1.19 bits per heavy atom. The summed E-state index contributed by atoms with van der Waals surface area (Å²) in [6.07, 6.45) is 7.16. The maximum atomic E-state index is 10.4. The van der Waals surface area contributed by atoms with Gasteiger partial charge in [0, 0.05) is 24.9 Å². The van der Waals surface area contributed by atoms with Crippen molar-refractivity contribution in [3.05, 3.63) is 48.0 Å². The molecule has 0 spiro atoms. The number of hydrogen-bond acceptors (Lipinski definition) is 17. The second-order valence-corrected chi connectivity index (χ2v) is 14.9. The van der Waals surface area contributed by atoms with Gasteiger partial charge < -0.3 is 97.0 Å². The summed E-state index contributed by atoms with van der Waals surface area (Å²) >= 11 is 0. The van der Waals surface area contributed by atoms with Crippen LogP contribution >= 0.6 is 0 Å². The highest BCUT2D eigenvalue weighted by molar-refractivity contribution is 5.76. The molecule has 27 nitrogen and oxygen atoms in total. The number of aromatic nitrogens is 2. The molecule has 1 aliphatic rings. The van der Waals surface area contributed by atoms with E-state index in [1.54, 1.807) is 32.2 Å². The molecule has 2 heterocycles. The number of aromatic amines is 1. The number of imidazole rings is 1. The molecule has 1 aromatic carbocycles. The molecular formula is C40H74N12O15. The second kappa shape index (κ2) is 38.7. The first-order valence-corrected chi connectivity index (χ1v) is 20.6. The molecule has 1 unspecified atom stereocenters. The Morgan fingerprint density at radius 3 is 1.48 bits per heavy atom. The summed E-state index contributed by atoms with van der Waals surface area (Å²) in [6, 6.07) is 1.34. The van der Waals surface area contributed by atoms with Gasteiger partial charge in [-0.25, -0.2) is 4.98 Å². The van der Waals surface area contributed by atoms with Crippen LogP contribution < -0.4 is 51.2 Å². The lowest BCUT2D eigenvalue weighted by atomic mass is 10.0. The third-order valence-electron chi connectivity index (χ3n) is 8.60. The predicted molar refractivity (Wildman–Crippen MR) is 246 cm³/mol. The van der Waals surface area contributed by atoms with Gasteiger partial charge in [0.25, 0.3) is 0 Å². The first-order valence-electron chi connectivity index (χ1n) is 20.6. The van der Waals surface area contributed by atoms with Crippen LogP contribution in [0.4, 0.5) is 0 Å². The van der Waals surface area contributed by atoms with E-state index in [0.29, 0.717) is 19.4 Å². The summed E-state index contributed by atoms with van der Waals surface area (Å²) < 4.78 is 0. The zero-order valence-electron chi connectivity index (χ0n) is 38.5. The summed E-state index contributed by atoms with van der Waals surface area (Å²) in [5, 5.41) is 69.9. The van der Waals surface area contributed by atoms with Crippen LogP contribution in [0, 0.1) is 11.8 Å². The van der Waals surface area contributed by atoms with Crippen molar-refractivity contribution in [2.24, 2.45) is 62.7 Å². The lowest BCUT2D eigenvalue weighted by Gasteiger charge is -2.11. The van der Waals surface area contributed by atoms with Crippen molar-refractivity contribution in [1.29, 1.82) is 0 Å². The zero-order valence-corrected chi connectivity index (χ0v) is 38.5. The van der Waals surface area contributed by atoms with Crippen molar-refractivity contribution in [3.8, 4) is 5.75 Å². The number of H-pyrrole nitrogens is 1. The molecule has 0 saturated carbocycles. The number of phenols is 1. The number of phenolic OH excluding ortho intramolecular Hbond substituents is 1. The van der Waals surface area contributed by atoms with E-state index in [-0.39, 0.29) is 42.4 Å². The van der Waals surface area contributed by atoms with Crippen molar-refractivity contribution in [2.45, 2.75) is 122 Å². The normalized spacial score (nSPS) is 15.2. The van der Waals surface area contributed by atoms with E-state index < -0.39 is 78.0 Å². The molecule has 8 atom stereocenters. The van der Waals surface area contributed by atoms with Gasteiger partial charge in [-0.15, -0.1) is 0 Å². The van der Waals surface area contributed by atoms with E-state index in [0.717, 1.165) is 37.1 Å². The predicted octanol–water partition coefficient (Wildman–Crippen LogP) is -2.10. The molecule has 0 radical (unpaired) electrons. The molecule has 1 saturated heterocycles. The topological polar surface area (TPSA) is 543 Å². The number of carbonyl (C=O) groups is 7. The maximum absolute atomic E-state index is 10.4. The van der Waals surface area contributed by atoms with E-state index in [9.17, 15) is 33.6 Å². The SMILES string of the molecule is CC(C)[C@H](N)C(=O)O.CCC(C)[C@H](N)C(=O)O.C[C@@H](N)C(=O)O.NC(N)=NCCC[C@H](N)C(=O)O.N[C@@H](Cc1ccc(O)cc1)C(=O)O.N[C@@H](Cc1cnc[nH]1)C(=O)O.O=C(O)[C@@H]1CCCN1. The van der Waals surface area contributed by atoms with Crippen molar-refractivity contribution in [3.63, 3.8) is 0 Å². The first-order chi connectivity index (χ1) is 30.9. The van der Waals surface area contributed by atoms with E-state index in [2.05, 4.69) is 20.3 Å². The minimum Gasteiger partial charge on any atom is -0.508 e. The molecule has 0 aliphatic carbocycles. The molecule has 1 fully saturated rings. The van der Waals surface area contributed by atoms with Crippen LogP contribution in [0.15, 0.2) is 41.8 Å². The van der Waals surface area contributed by atoms with Crippen LogP contribution in [0.25, 0.3) is 0 Å². The van der Waals surface area contributed by atoms with Crippen molar-refractivity contribution in [2.75, 3.05) is 13.1 Å². The van der Waals surface area contributed by atoms with E-state index in [1.807, 2.05) is 13.8 Å². The Hall–Kier alpha value is -6.49. The summed E-state index contributed by atoms with van der Waals surface area (Å²) in [7, 11) is 0. The smallest absolute Gasteiger partial charge is 0.320 e. The average Bonchev–Trinajstić information content (AvgIpc) is 3.99. The number of rotatable bonds is 18. The molecule has 2 aromatic rings. The number of aliphatic carboxylic acids is 7. The van der Waals surface area contributed by atoms with Gasteiger partial charge in [0.15, 0.2) is 5.96 Å². The van der Waals surface area contributed by atoms with E-state index in [4.69, 9.17) is 86.7 Å². The molecule has 384 valence electrons. The molecular weight excluding hydrogens is 889 g/mol. The van der Waals surface area contributed by atoms with Gasteiger partial charge in [0.05, 0.1) is 6.33 Å². The minimum absolute atomic E-state index is 0.0129. The number of benzene rings is 1. The molecule has 26 N–H and O–H groups in total. The monoisotopic (exact) mass is 963 g/mol. The Kier molecular flexibility index (Phi) is 38.8. The fourth-order valence-electron chi connectivity index (χ4n) is 4.01. The first kappa shape index (κ1) is 67.1. The second-order valence-electron chi connectivity index (χ2n) is 14.9. The number of hydrogen-bond donors (Lipinski definition) is 18. The highest BCUT2D eigenvalue weighted by Crippen LogP contribution is 2.11. The van der Waals surface area contributed by atoms with E-state index >= 15 is 0 Å². The van der Waals surface area contributed by atoms with Crippen LogP contribution in [0.2, 0.25) is 0 Å². The van der Waals surface area contributed by atoms with Crippen LogP contribution in [0.1, 0.15) is 78.0 Å². The number of guanidine groups is 1. The molecule has 1 aliphatic heterocycles. The number of nitrogens with two attached hydrogens (primary N) is 8. The number of aromatic hydroxyl groups is 1. The summed E-state index contributed by atoms with van der Waals surface area (Å²) in [4.78, 5) is 81.0. The molecule has 0 amide bonds. The van der Waals surface area contributed by atoms with Gasteiger partial charge in [0.2, 0.25) is 0 Å². The number of nitrogens with zero attached hydrogens (tertiary/aromatic N) is 2. The third kappa shape index (κ3) is 39.6. The van der Waals surface area contributed by atoms with Gasteiger partial charge in [-0.2, -0.15) is 0 Å². The van der Waals surface area contributed by atoms with Crippen LogP contribution in [0.3, 0.4) is 0 Å². The quantitative estimate of drug-likeness (QED) is 0.0432. The van der Waals surface area contributed by atoms with Crippen molar-refractivity contribution >= 4 is 47.7 Å². The number of carboxylic acid groups (broad SMARTS) is 7. The van der Waals surface area contributed by atoms with Crippen molar-refractivity contribution < 1.29 is 74.4 Å². The largest absolute Gasteiger partial charge is 0.508 e. The lowest BCUT2D eigenvalue weighted by molar-refractivity contribution is -0.140. The van der Waals surface area contributed by atoms with Crippen LogP contribution in [-0.4, -0.2) is 154 Å². The summed E-state index contributed by atoms with van der Waals surface area (Å²) in [5.41, 5.74) is 42.7. The molecule has 0 bridgehead atoms. The van der Waals surface area contributed by atoms with Crippen LogP contribution in [0.5, 0.6) is 5.75 Å². The van der Waals surface area contributed by atoms with Crippen LogP contribution in [-0.2, 0) is 46.4 Å². The fourth-order valence-corrected chi connectivity index (χ4v) is 4.01. The Morgan fingerprint density at radius 1 is 0.716 bits per heavy atom. The number of nitrogens with one attached hydrogen (secondary N) is 2. The van der Waals surface area contributed by atoms with E-state index in [1.165, 1.54) is 25.4 Å². The molecule has 27 heteroatoms. The number of aliphatic imine (C=N–C) groups is 1. The minimum atomic E-state index is -1.02. The Bertz CT molecular complexity index is 1710. The standard InChI is InChI=1S/C9H11NO3.C6H14N4O2.C6H9N3O2.C6H13NO2.C5H9NO2.C5H11NO2.C3H7NO2/c10-8(9(12)13)5-6-1-3-7(11)4-2-6;7-4(5(11)12)2-1-3-10-6(8)9;7-5(6(10)11)1-4-2-8-3-9-4;1-3-4(2)5(7)6(8)9;7-5(8)4-2-1-3-6-4;1-3(2)4(6)5(7)8;1-2(4)3(5)6/h1-4,8,11H,5,10H2,(H,12,13);4H,1-3,7H2,(H,11,12)(H4,8,9,10);2-3,5H,1,7H2,(H,8,9)(H,10,11);4-5H,3,7H2,1-2H3,(H,8,9);4,6H,1-3H2,(H,7,8);3-4H,6H2,1-2H3,(H,7,8);2H,4H2,1H3,(H,5,6)/t8-;4-;5-;4?,5-;2*4-;2-/m0000001/s1.